The minimum absolute atomic E-state index is 1.21. The quantitative estimate of drug-likeness (QED) is 0.461. The molecule has 0 amide bonds. The minimum Gasteiger partial charge on any atom is -0.355 e. The van der Waals surface area contributed by atoms with Gasteiger partial charge in [-0.1, -0.05) is 36.4 Å². The van der Waals surface area contributed by atoms with E-state index < -0.39 is 8.53 Å². The van der Waals surface area contributed by atoms with E-state index in [1.165, 1.54) is 21.8 Å². The lowest BCUT2D eigenvalue weighted by molar-refractivity contribution is 0.485. The van der Waals surface area contributed by atoms with E-state index in [4.69, 9.17) is 9.79 Å². The van der Waals surface area contributed by atoms with Crippen molar-refractivity contribution in [2.24, 2.45) is 5.50 Å². The van der Waals surface area contributed by atoms with Crippen molar-refractivity contribution < 1.29 is 9.79 Å². The highest BCUT2D eigenvalue weighted by atomic mass is 31.2. The molecule has 2 aromatic carbocycles. The lowest BCUT2D eigenvalue weighted by atomic mass is 10.2. The van der Waals surface area contributed by atoms with E-state index in [9.17, 15) is 0 Å². The Kier molecular flexibility index (Phi) is 3.71. The molecule has 4 nitrogen and oxygen atoms in total. The number of H-pyrrole nitrogens is 1. The summed E-state index contributed by atoms with van der Waals surface area (Å²) in [5.74, 6) is 0. The second-order valence-corrected chi connectivity index (χ2v) is 4.18. The van der Waals surface area contributed by atoms with Crippen molar-refractivity contribution in [3.05, 3.63) is 48.5 Å². The van der Waals surface area contributed by atoms with Crippen LogP contribution in [0.3, 0.4) is 0 Å². The Morgan fingerprint density at radius 2 is 1.18 bits per heavy atom. The number of benzene rings is 2. The molecule has 0 aliphatic heterocycles. The first kappa shape index (κ1) is 12.0. The van der Waals surface area contributed by atoms with E-state index in [0.717, 1.165) is 0 Å². The third-order valence-corrected chi connectivity index (χ3v) is 2.41. The fourth-order valence-corrected chi connectivity index (χ4v) is 1.80. The number of nitrogens with two attached hydrogens (primary N) is 1. The van der Waals surface area contributed by atoms with Crippen molar-refractivity contribution >= 4 is 30.3 Å². The highest BCUT2D eigenvalue weighted by Gasteiger charge is 2.00. The van der Waals surface area contributed by atoms with Crippen LogP contribution < -0.4 is 5.50 Å². The van der Waals surface area contributed by atoms with Crippen molar-refractivity contribution in [3.63, 3.8) is 0 Å². The fourth-order valence-electron chi connectivity index (χ4n) is 1.80. The van der Waals surface area contributed by atoms with Crippen LogP contribution in [-0.2, 0) is 0 Å². The molecule has 0 unspecified atom stereocenters. The zero-order chi connectivity index (χ0) is 12.3. The van der Waals surface area contributed by atoms with E-state index in [2.05, 4.69) is 59.0 Å². The van der Waals surface area contributed by atoms with Crippen LogP contribution in [0.4, 0.5) is 0 Å². The summed E-state index contributed by atoms with van der Waals surface area (Å²) in [6.45, 7) is 0. The molecule has 1 heterocycles. The van der Waals surface area contributed by atoms with Gasteiger partial charge in [0.05, 0.1) is 0 Å². The first-order chi connectivity index (χ1) is 8.18. The van der Waals surface area contributed by atoms with Gasteiger partial charge < -0.3 is 14.8 Å². The normalized spacial score (nSPS) is 10.6. The van der Waals surface area contributed by atoms with E-state index in [1.807, 2.05) is 0 Å². The largest absolute Gasteiger partial charge is 0.355 e. The number of rotatable bonds is 0. The molecule has 0 saturated heterocycles. The van der Waals surface area contributed by atoms with Gasteiger partial charge >= 0.3 is 0 Å². The summed E-state index contributed by atoms with van der Waals surface area (Å²) in [6, 6.07) is 16.8. The Labute approximate surface area is 99.7 Å². The van der Waals surface area contributed by atoms with Gasteiger partial charge in [0.2, 0.25) is 8.53 Å². The van der Waals surface area contributed by atoms with Crippen molar-refractivity contribution in [2.45, 2.75) is 0 Å². The molecule has 0 atom stereocenters. The molecule has 0 bridgehead atoms. The molecule has 0 saturated carbocycles. The van der Waals surface area contributed by atoms with E-state index in [0.29, 0.717) is 0 Å². The smallest absolute Gasteiger partial charge is 0.247 e. The van der Waals surface area contributed by atoms with Gasteiger partial charge in [-0.05, 0) is 12.1 Å². The lowest BCUT2D eigenvalue weighted by Crippen LogP contribution is -1.78. The summed E-state index contributed by atoms with van der Waals surface area (Å²) >= 11 is 0. The summed E-state index contributed by atoms with van der Waals surface area (Å²) < 4.78 is 0. The zero-order valence-electron chi connectivity index (χ0n) is 9.04. The number of para-hydroxylation sites is 2. The van der Waals surface area contributed by atoms with Gasteiger partial charge in [0.25, 0.3) is 0 Å². The molecule has 0 aliphatic rings. The Hall–Kier alpha value is -1.45. The molecule has 3 rings (SSSR count). The van der Waals surface area contributed by atoms with Crippen LogP contribution >= 0.6 is 8.53 Å². The summed E-state index contributed by atoms with van der Waals surface area (Å²) in [6.07, 6.45) is 0. The first-order valence-electron chi connectivity index (χ1n) is 5.06. The van der Waals surface area contributed by atoms with E-state index in [1.54, 1.807) is 0 Å². The third kappa shape index (κ3) is 2.81. The topological polar surface area (TPSA) is 82.3 Å². The number of fused-ring (bicyclic) bond motifs is 3. The maximum Gasteiger partial charge on any atom is 0.247 e. The number of hydrogen-bond acceptors (Lipinski definition) is 3. The highest BCUT2D eigenvalue weighted by Crippen LogP contribution is 2.24. The van der Waals surface area contributed by atoms with Gasteiger partial charge in [-0.3, -0.25) is 5.50 Å². The average Bonchev–Trinajstić information content (AvgIpc) is 2.66. The maximum atomic E-state index is 7.45. The molecular weight excluding hydrogens is 235 g/mol. The Bertz CT molecular complexity index is 569. The first-order valence-corrected chi connectivity index (χ1v) is 6.38. The molecule has 0 spiro atoms. The molecule has 88 valence electrons. The van der Waals surface area contributed by atoms with Gasteiger partial charge in [-0.25, -0.2) is 0 Å². The van der Waals surface area contributed by atoms with Gasteiger partial charge in [0.15, 0.2) is 0 Å². The molecule has 3 aromatic rings. The zero-order valence-corrected chi connectivity index (χ0v) is 9.93. The van der Waals surface area contributed by atoms with Crippen molar-refractivity contribution in [3.8, 4) is 0 Å². The number of nitrogens with one attached hydrogen (secondary N) is 1. The van der Waals surface area contributed by atoms with Crippen LogP contribution in [0.1, 0.15) is 0 Å². The van der Waals surface area contributed by atoms with Crippen molar-refractivity contribution in [1.29, 1.82) is 0 Å². The van der Waals surface area contributed by atoms with Crippen LogP contribution in [-0.4, -0.2) is 14.8 Å². The predicted octanol–water partition coefficient (Wildman–Crippen LogP) is 2.48. The second kappa shape index (κ2) is 5.25. The lowest BCUT2D eigenvalue weighted by Gasteiger charge is -1.87. The summed E-state index contributed by atoms with van der Waals surface area (Å²) in [7, 11) is -2.12. The summed E-state index contributed by atoms with van der Waals surface area (Å²) in [5.41, 5.74) is 6.71. The van der Waals surface area contributed by atoms with Gasteiger partial charge in [0, 0.05) is 21.8 Å². The molecule has 5 N–H and O–H groups in total. The monoisotopic (exact) mass is 248 g/mol. The second-order valence-electron chi connectivity index (χ2n) is 3.54. The van der Waals surface area contributed by atoms with Crippen LogP contribution in [0.25, 0.3) is 21.8 Å². The van der Waals surface area contributed by atoms with Gasteiger partial charge in [-0.15, -0.1) is 0 Å². The van der Waals surface area contributed by atoms with Crippen molar-refractivity contribution in [2.75, 3.05) is 0 Å². The third-order valence-electron chi connectivity index (χ3n) is 2.41. The average molecular weight is 248 g/mol. The standard InChI is InChI=1S/C12H9N.H4NO2P/c1-3-7-11-9(5-1)10-6-2-4-8-12(10)13-11;1-4(2)3/h1-8,13H;2-3H,1H2. The van der Waals surface area contributed by atoms with E-state index in [-0.39, 0.29) is 0 Å². The molecule has 17 heavy (non-hydrogen) atoms. The minimum atomic E-state index is -2.12. The van der Waals surface area contributed by atoms with Crippen LogP contribution in [0.2, 0.25) is 0 Å². The number of aromatic amines is 1. The Balaban J connectivity index is 0.000000239. The summed E-state index contributed by atoms with van der Waals surface area (Å²) in [4.78, 5) is 18.3. The highest BCUT2D eigenvalue weighted by molar-refractivity contribution is 7.42. The predicted molar refractivity (Wildman–Crippen MR) is 71.3 cm³/mol. The fraction of sp³-hybridized carbons (Fsp3) is 0. The number of aromatic nitrogens is 1. The molecule has 0 radical (unpaired) electrons. The van der Waals surface area contributed by atoms with Crippen LogP contribution in [0, 0.1) is 0 Å². The molecule has 5 heteroatoms. The van der Waals surface area contributed by atoms with Gasteiger partial charge in [-0.2, -0.15) is 0 Å². The molecular formula is C12H13N2O2P. The SMILES string of the molecule is NP(O)O.c1ccc2c(c1)[nH]c1ccccc12. The Morgan fingerprint density at radius 3 is 1.59 bits per heavy atom. The molecule has 0 aliphatic carbocycles. The maximum absolute atomic E-state index is 7.45. The van der Waals surface area contributed by atoms with Crippen molar-refractivity contribution in [1.82, 2.24) is 4.98 Å². The van der Waals surface area contributed by atoms with E-state index >= 15 is 0 Å². The summed E-state index contributed by atoms with van der Waals surface area (Å²) in [5, 5.41) is 2.61. The molecule has 1 aromatic heterocycles. The number of hydrogen-bond donors (Lipinski definition) is 4. The van der Waals surface area contributed by atoms with Crippen LogP contribution in [0.5, 0.6) is 0 Å². The molecule has 0 fully saturated rings. The van der Waals surface area contributed by atoms with Gasteiger partial charge in [0.1, 0.15) is 0 Å². The van der Waals surface area contributed by atoms with Crippen LogP contribution in [0.15, 0.2) is 48.5 Å². The Morgan fingerprint density at radius 1 is 0.824 bits per heavy atom.